The Hall–Kier alpha value is -4.25. The van der Waals surface area contributed by atoms with E-state index in [1.165, 1.54) is 0 Å². The summed E-state index contributed by atoms with van der Waals surface area (Å²) in [4.78, 5) is 29.3. The molecule has 1 N–H and O–H groups in total. The molecule has 1 fully saturated rings. The normalized spacial score (nSPS) is 15.3. The summed E-state index contributed by atoms with van der Waals surface area (Å²) in [6.07, 6.45) is 0.270. The number of hydrogen-bond donors (Lipinski definition) is 1. The molecule has 0 radical (unpaired) electrons. The summed E-state index contributed by atoms with van der Waals surface area (Å²) in [6.45, 7) is 8.18. The van der Waals surface area contributed by atoms with E-state index in [9.17, 15) is 9.59 Å². The van der Waals surface area contributed by atoms with Gasteiger partial charge in [-0.3, -0.25) is 4.79 Å². The van der Waals surface area contributed by atoms with Gasteiger partial charge in [-0.15, -0.1) is 0 Å². The Kier molecular flexibility index (Phi) is 5.92. The van der Waals surface area contributed by atoms with E-state index < -0.39 is 5.60 Å². The van der Waals surface area contributed by atoms with E-state index in [4.69, 9.17) is 14.4 Å². The van der Waals surface area contributed by atoms with Crippen LogP contribution < -0.4 is 10.2 Å². The molecule has 1 aromatic heterocycles. The van der Waals surface area contributed by atoms with Crippen LogP contribution in [0.3, 0.4) is 0 Å². The van der Waals surface area contributed by atoms with Gasteiger partial charge in [0.25, 0.3) is 5.91 Å². The van der Waals surface area contributed by atoms with E-state index in [-0.39, 0.29) is 12.0 Å². The van der Waals surface area contributed by atoms with E-state index in [0.717, 1.165) is 28.1 Å². The van der Waals surface area contributed by atoms with Crippen LogP contribution in [0.2, 0.25) is 0 Å². The highest BCUT2D eigenvalue weighted by Gasteiger charge is 2.28. The standard InChI is InChI=1S/C28H28N4O4/c1-28(2,3)36-27(34)32-12-10-31(11-13-32)22-8-9-23-20(15-22)14-21-16-24(35-25(21)26(33)30-23)19-6-4-18(17-29)5-7-19/h4-9,15-16H,10-14H2,1-3H3,(H,30,33). The molecule has 0 saturated carbocycles. The van der Waals surface area contributed by atoms with Crippen molar-refractivity contribution in [2.75, 3.05) is 36.4 Å². The molecule has 36 heavy (non-hydrogen) atoms. The number of nitrogens with one attached hydrogen (secondary N) is 1. The van der Waals surface area contributed by atoms with E-state index in [1.54, 1.807) is 17.0 Å². The number of anilines is 2. The number of carbonyl (C=O) groups is 2. The van der Waals surface area contributed by atoms with Crippen molar-refractivity contribution in [3.8, 4) is 17.4 Å². The van der Waals surface area contributed by atoms with Gasteiger partial charge in [0.05, 0.1) is 11.6 Å². The van der Waals surface area contributed by atoms with Gasteiger partial charge in [0.15, 0.2) is 5.76 Å². The first-order chi connectivity index (χ1) is 17.2. The molecular weight excluding hydrogens is 456 g/mol. The summed E-state index contributed by atoms with van der Waals surface area (Å²) in [7, 11) is 0. The topological polar surface area (TPSA) is 98.8 Å². The molecule has 2 amide bonds. The molecule has 8 nitrogen and oxygen atoms in total. The number of carbonyl (C=O) groups excluding carboxylic acids is 2. The number of ether oxygens (including phenoxy) is 1. The molecule has 0 bridgehead atoms. The number of furan rings is 1. The summed E-state index contributed by atoms with van der Waals surface area (Å²) in [5.74, 6) is 0.623. The number of fused-ring (bicyclic) bond motifs is 2. The Morgan fingerprint density at radius 2 is 1.75 bits per heavy atom. The molecule has 3 heterocycles. The molecule has 0 atom stereocenters. The number of benzene rings is 2. The zero-order valence-electron chi connectivity index (χ0n) is 20.6. The van der Waals surface area contributed by atoms with E-state index in [2.05, 4.69) is 22.4 Å². The van der Waals surface area contributed by atoms with Crippen molar-refractivity contribution in [3.05, 3.63) is 71.0 Å². The van der Waals surface area contributed by atoms with Gasteiger partial charge in [0.1, 0.15) is 11.4 Å². The van der Waals surface area contributed by atoms with Gasteiger partial charge in [0.2, 0.25) is 0 Å². The second-order valence-corrected chi connectivity index (χ2v) is 10.1. The van der Waals surface area contributed by atoms with Gasteiger partial charge < -0.3 is 24.3 Å². The average Bonchev–Trinajstić information content (AvgIpc) is 3.23. The van der Waals surface area contributed by atoms with Crippen molar-refractivity contribution in [1.29, 1.82) is 5.26 Å². The zero-order chi connectivity index (χ0) is 25.4. The molecule has 2 aliphatic rings. The summed E-state index contributed by atoms with van der Waals surface area (Å²) < 4.78 is 11.5. The Morgan fingerprint density at radius 1 is 1.03 bits per heavy atom. The maximum absolute atomic E-state index is 12.9. The van der Waals surface area contributed by atoms with Crippen LogP contribution in [0.1, 0.15) is 48.0 Å². The van der Waals surface area contributed by atoms with Crippen molar-refractivity contribution >= 4 is 23.4 Å². The van der Waals surface area contributed by atoms with Crippen molar-refractivity contribution in [2.24, 2.45) is 0 Å². The van der Waals surface area contributed by atoms with Crippen LogP contribution >= 0.6 is 0 Å². The molecule has 2 aliphatic heterocycles. The summed E-state index contributed by atoms with van der Waals surface area (Å²) in [5, 5.41) is 12.0. The van der Waals surface area contributed by atoms with Gasteiger partial charge in [-0.2, -0.15) is 5.26 Å². The summed E-state index contributed by atoms with van der Waals surface area (Å²) >= 11 is 0. The van der Waals surface area contributed by atoms with Crippen molar-refractivity contribution < 1.29 is 18.7 Å². The smallest absolute Gasteiger partial charge is 0.410 e. The number of amides is 2. The van der Waals surface area contributed by atoms with Crippen molar-refractivity contribution in [2.45, 2.75) is 32.8 Å². The second kappa shape index (κ2) is 9.08. The van der Waals surface area contributed by atoms with Crippen LogP contribution in [0, 0.1) is 11.3 Å². The SMILES string of the molecule is CC(C)(C)OC(=O)N1CCN(c2ccc3c(c2)Cc2cc(-c4ccc(C#N)cc4)oc2C(=O)N3)CC1. The quantitative estimate of drug-likeness (QED) is 0.548. The number of hydrogen-bond acceptors (Lipinski definition) is 6. The third-order valence-corrected chi connectivity index (χ3v) is 6.33. The lowest BCUT2D eigenvalue weighted by atomic mass is 10.0. The Morgan fingerprint density at radius 3 is 2.42 bits per heavy atom. The first kappa shape index (κ1) is 23.5. The molecule has 8 heteroatoms. The number of nitrogens with zero attached hydrogens (tertiary/aromatic N) is 3. The van der Waals surface area contributed by atoms with E-state index in [0.29, 0.717) is 49.7 Å². The fourth-order valence-corrected chi connectivity index (χ4v) is 4.51. The Balaban J connectivity index is 1.33. The molecular formula is C28H28N4O4. The minimum Gasteiger partial charge on any atom is -0.451 e. The lowest BCUT2D eigenvalue weighted by Crippen LogP contribution is -2.50. The molecule has 3 aromatic rings. The first-order valence-electron chi connectivity index (χ1n) is 12.0. The third-order valence-electron chi connectivity index (χ3n) is 6.33. The van der Waals surface area contributed by atoms with Crippen molar-refractivity contribution in [3.63, 3.8) is 0 Å². The molecule has 0 spiro atoms. The lowest BCUT2D eigenvalue weighted by Gasteiger charge is -2.37. The minimum atomic E-state index is -0.512. The third kappa shape index (κ3) is 4.78. The first-order valence-corrected chi connectivity index (χ1v) is 12.0. The van der Waals surface area contributed by atoms with Crippen molar-refractivity contribution in [1.82, 2.24) is 4.90 Å². The van der Waals surface area contributed by atoms with Crippen LogP contribution in [-0.2, 0) is 11.2 Å². The second-order valence-electron chi connectivity index (χ2n) is 10.1. The highest BCUT2D eigenvalue weighted by molar-refractivity contribution is 6.05. The summed E-state index contributed by atoms with van der Waals surface area (Å²) in [5.41, 5.74) is 4.50. The molecule has 0 aliphatic carbocycles. The number of rotatable bonds is 2. The van der Waals surface area contributed by atoms with Crippen LogP contribution in [0.4, 0.5) is 16.2 Å². The predicted octanol–water partition coefficient (Wildman–Crippen LogP) is 5.03. The minimum absolute atomic E-state index is 0.276. The average molecular weight is 485 g/mol. The maximum Gasteiger partial charge on any atom is 0.410 e. The molecule has 0 unspecified atom stereocenters. The molecule has 184 valence electrons. The zero-order valence-corrected chi connectivity index (χ0v) is 20.6. The van der Waals surface area contributed by atoms with Crippen LogP contribution in [0.25, 0.3) is 11.3 Å². The Labute approximate surface area is 210 Å². The highest BCUT2D eigenvalue weighted by atomic mass is 16.6. The predicted molar refractivity (Wildman–Crippen MR) is 136 cm³/mol. The van der Waals surface area contributed by atoms with E-state index in [1.807, 2.05) is 51.1 Å². The fourth-order valence-electron chi connectivity index (χ4n) is 4.51. The van der Waals surface area contributed by atoms with Gasteiger partial charge in [-0.25, -0.2) is 4.79 Å². The number of piperazine rings is 1. The monoisotopic (exact) mass is 484 g/mol. The molecule has 2 aromatic carbocycles. The van der Waals surface area contributed by atoms with Crippen LogP contribution in [0.5, 0.6) is 0 Å². The van der Waals surface area contributed by atoms with Crippen LogP contribution in [-0.4, -0.2) is 48.7 Å². The lowest BCUT2D eigenvalue weighted by molar-refractivity contribution is 0.0240. The van der Waals surface area contributed by atoms with E-state index >= 15 is 0 Å². The fraction of sp³-hybridized carbons (Fsp3) is 0.321. The Bertz CT molecular complexity index is 1350. The maximum atomic E-state index is 12.9. The number of nitriles is 1. The van der Waals surface area contributed by atoms with Gasteiger partial charge in [0, 0.05) is 55.1 Å². The molecule has 5 rings (SSSR count). The van der Waals surface area contributed by atoms with Crippen LogP contribution in [0.15, 0.2) is 52.9 Å². The largest absolute Gasteiger partial charge is 0.451 e. The summed E-state index contributed by atoms with van der Waals surface area (Å²) in [6, 6.07) is 17.1. The highest BCUT2D eigenvalue weighted by Crippen LogP contribution is 2.34. The van der Waals surface area contributed by atoms with Gasteiger partial charge in [-0.1, -0.05) is 0 Å². The van der Waals surface area contributed by atoms with Gasteiger partial charge >= 0.3 is 6.09 Å². The van der Waals surface area contributed by atoms with Gasteiger partial charge in [-0.05, 0) is 74.9 Å². The molecule has 1 saturated heterocycles.